The Kier molecular flexibility index (Phi) is 1.83. The van der Waals surface area contributed by atoms with Gasteiger partial charge in [-0.25, -0.2) is 0 Å². The number of nitrogens with zero attached hydrogens (tertiary/aromatic N) is 1. The van der Waals surface area contributed by atoms with Crippen LogP contribution in [0.2, 0.25) is 0 Å². The summed E-state index contributed by atoms with van der Waals surface area (Å²) in [6.45, 7) is 2.95. The molecule has 0 radical (unpaired) electrons. The molecule has 3 N–H and O–H groups in total. The van der Waals surface area contributed by atoms with Gasteiger partial charge in [-0.05, 0) is 18.1 Å². The van der Waals surface area contributed by atoms with Crippen LogP contribution in [0.5, 0.6) is 0 Å². The Balaban J connectivity index is 2.43. The SMILES string of the molecule is CCc1ccc2c(n1)C(N)NC2. The molecule has 0 bridgehead atoms. The number of fused-ring (bicyclic) bond motifs is 1. The Hall–Kier alpha value is -0.930. The molecule has 1 atom stereocenters. The summed E-state index contributed by atoms with van der Waals surface area (Å²) in [5.41, 5.74) is 9.17. The van der Waals surface area contributed by atoms with Crippen LogP contribution in [0.4, 0.5) is 0 Å². The van der Waals surface area contributed by atoms with Crippen molar-refractivity contribution in [3.05, 3.63) is 29.1 Å². The Morgan fingerprint density at radius 1 is 1.67 bits per heavy atom. The standard InChI is InChI=1S/C9H13N3/c1-2-7-4-3-6-5-11-9(10)8(6)12-7/h3-4,9,11H,2,5,10H2,1H3. The molecule has 64 valence electrons. The normalized spacial score (nSPS) is 21.0. The number of aromatic nitrogens is 1. The molecule has 0 saturated heterocycles. The molecule has 1 aromatic heterocycles. The number of aryl methyl sites for hydroxylation is 1. The molecule has 1 aliphatic heterocycles. The lowest BCUT2D eigenvalue weighted by Gasteiger charge is -2.04. The van der Waals surface area contributed by atoms with Crippen molar-refractivity contribution in [2.75, 3.05) is 0 Å². The molecule has 1 aromatic rings. The van der Waals surface area contributed by atoms with E-state index in [-0.39, 0.29) is 6.17 Å². The minimum Gasteiger partial charge on any atom is -0.311 e. The molecule has 1 aliphatic rings. The van der Waals surface area contributed by atoms with Crippen molar-refractivity contribution in [1.29, 1.82) is 0 Å². The van der Waals surface area contributed by atoms with Gasteiger partial charge in [0.2, 0.25) is 0 Å². The van der Waals surface area contributed by atoms with Crippen LogP contribution in [-0.2, 0) is 13.0 Å². The van der Waals surface area contributed by atoms with Crippen molar-refractivity contribution in [2.45, 2.75) is 26.1 Å². The van der Waals surface area contributed by atoms with Gasteiger partial charge in [0, 0.05) is 12.2 Å². The van der Waals surface area contributed by atoms with Crippen molar-refractivity contribution >= 4 is 0 Å². The van der Waals surface area contributed by atoms with Crippen LogP contribution in [0.1, 0.15) is 30.0 Å². The fourth-order valence-electron chi connectivity index (χ4n) is 1.48. The summed E-state index contributed by atoms with van der Waals surface area (Å²) in [7, 11) is 0. The third-order valence-electron chi connectivity index (χ3n) is 2.24. The maximum absolute atomic E-state index is 5.80. The molecule has 0 aliphatic carbocycles. The fourth-order valence-corrected chi connectivity index (χ4v) is 1.48. The van der Waals surface area contributed by atoms with Crippen molar-refractivity contribution in [1.82, 2.24) is 10.3 Å². The van der Waals surface area contributed by atoms with Gasteiger partial charge in [-0.15, -0.1) is 0 Å². The molecule has 0 amide bonds. The molecular formula is C9H13N3. The van der Waals surface area contributed by atoms with E-state index in [2.05, 4.69) is 29.4 Å². The second-order valence-electron chi connectivity index (χ2n) is 3.06. The van der Waals surface area contributed by atoms with E-state index in [0.717, 1.165) is 24.4 Å². The Bertz CT molecular complexity index is 296. The number of pyridine rings is 1. The van der Waals surface area contributed by atoms with Gasteiger partial charge in [0.05, 0.1) is 11.9 Å². The summed E-state index contributed by atoms with van der Waals surface area (Å²) < 4.78 is 0. The smallest absolute Gasteiger partial charge is 0.0991 e. The van der Waals surface area contributed by atoms with Gasteiger partial charge >= 0.3 is 0 Å². The number of nitrogens with two attached hydrogens (primary N) is 1. The van der Waals surface area contributed by atoms with Crippen LogP contribution in [0.25, 0.3) is 0 Å². The number of nitrogens with one attached hydrogen (secondary N) is 1. The van der Waals surface area contributed by atoms with Crippen molar-refractivity contribution in [3.8, 4) is 0 Å². The number of rotatable bonds is 1. The quantitative estimate of drug-likeness (QED) is 0.641. The first kappa shape index (κ1) is 7.71. The molecule has 3 nitrogen and oxygen atoms in total. The van der Waals surface area contributed by atoms with Crippen LogP contribution in [-0.4, -0.2) is 4.98 Å². The van der Waals surface area contributed by atoms with Crippen molar-refractivity contribution in [3.63, 3.8) is 0 Å². The van der Waals surface area contributed by atoms with Crippen LogP contribution < -0.4 is 11.1 Å². The predicted molar refractivity (Wildman–Crippen MR) is 47.4 cm³/mol. The van der Waals surface area contributed by atoms with E-state index in [1.807, 2.05) is 0 Å². The van der Waals surface area contributed by atoms with Gasteiger partial charge in [0.15, 0.2) is 0 Å². The average Bonchev–Trinajstić information content (AvgIpc) is 2.47. The molecular weight excluding hydrogens is 150 g/mol. The highest BCUT2D eigenvalue weighted by Crippen LogP contribution is 2.19. The summed E-state index contributed by atoms with van der Waals surface area (Å²) in [6.07, 6.45) is 0.909. The summed E-state index contributed by atoms with van der Waals surface area (Å²) in [5.74, 6) is 0. The third kappa shape index (κ3) is 1.11. The van der Waals surface area contributed by atoms with Crippen molar-refractivity contribution in [2.24, 2.45) is 5.73 Å². The van der Waals surface area contributed by atoms with Gasteiger partial charge in [0.25, 0.3) is 0 Å². The topological polar surface area (TPSA) is 50.9 Å². The molecule has 12 heavy (non-hydrogen) atoms. The second kappa shape index (κ2) is 2.84. The molecule has 0 aromatic carbocycles. The van der Waals surface area contributed by atoms with E-state index < -0.39 is 0 Å². The molecule has 1 unspecified atom stereocenters. The molecule has 3 heteroatoms. The highest BCUT2D eigenvalue weighted by Gasteiger charge is 2.19. The minimum absolute atomic E-state index is 0.0634. The zero-order valence-electron chi connectivity index (χ0n) is 7.17. The lowest BCUT2D eigenvalue weighted by Crippen LogP contribution is -2.21. The summed E-state index contributed by atoms with van der Waals surface area (Å²) >= 11 is 0. The van der Waals surface area contributed by atoms with Gasteiger partial charge in [-0.3, -0.25) is 10.3 Å². The first-order valence-electron chi connectivity index (χ1n) is 4.29. The first-order chi connectivity index (χ1) is 5.81. The van der Waals surface area contributed by atoms with E-state index in [1.54, 1.807) is 0 Å². The van der Waals surface area contributed by atoms with E-state index in [1.165, 1.54) is 5.56 Å². The zero-order chi connectivity index (χ0) is 8.55. The Morgan fingerprint density at radius 2 is 2.50 bits per heavy atom. The molecule has 0 spiro atoms. The van der Waals surface area contributed by atoms with Gasteiger partial charge < -0.3 is 5.73 Å². The van der Waals surface area contributed by atoms with E-state index in [0.29, 0.717) is 0 Å². The lowest BCUT2D eigenvalue weighted by atomic mass is 10.2. The third-order valence-corrected chi connectivity index (χ3v) is 2.24. The van der Waals surface area contributed by atoms with Crippen molar-refractivity contribution < 1.29 is 0 Å². The van der Waals surface area contributed by atoms with Crippen LogP contribution in [0, 0.1) is 0 Å². The first-order valence-corrected chi connectivity index (χ1v) is 4.29. The summed E-state index contributed by atoms with van der Waals surface area (Å²) in [4.78, 5) is 4.47. The largest absolute Gasteiger partial charge is 0.311 e. The summed E-state index contributed by atoms with van der Waals surface area (Å²) in [5, 5.41) is 3.15. The zero-order valence-corrected chi connectivity index (χ0v) is 7.17. The van der Waals surface area contributed by atoms with Crippen LogP contribution in [0.3, 0.4) is 0 Å². The maximum Gasteiger partial charge on any atom is 0.0991 e. The molecule has 2 heterocycles. The fraction of sp³-hybridized carbons (Fsp3) is 0.444. The molecule has 0 saturated carbocycles. The number of hydrogen-bond acceptors (Lipinski definition) is 3. The number of hydrogen-bond donors (Lipinski definition) is 2. The Labute approximate surface area is 72.0 Å². The molecule has 2 rings (SSSR count). The Morgan fingerprint density at radius 3 is 3.25 bits per heavy atom. The van der Waals surface area contributed by atoms with E-state index in [9.17, 15) is 0 Å². The minimum atomic E-state index is -0.0634. The summed E-state index contributed by atoms with van der Waals surface area (Å²) in [6, 6.07) is 4.18. The van der Waals surface area contributed by atoms with E-state index in [4.69, 9.17) is 5.73 Å². The van der Waals surface area contributed by atoms with Gasteiger partial charge in [0.1, 0.15) is 0 Å². The highest BCUT2D eigenvalue weighted by atomic mass is 15.1. The lowest BCUT2D eigenvalue weighted by molar-refractivity contribution is 0.596. The highest BCUT2D eigenvalue weighted by molar-refractivity contribution is 5.28. The maximum atomic E-state index is 5.80. The van der Waals surface area contributed by atoms with Crippen LogP contribution in [0.15, 0.2) is 12.1 Å². The van der Waals surface area contributed by atoms with E-state index >= 15 is 0 Å². The predicted octanol–water partition coefficient (Wildman–Crippen LogP) is 0.705. The molecule has 0 fully saturated rings. The van der Waals surface area contributed by atoms with Gasteiger partial charge in [-0.2, -0.15) is 0 Å². The second-order valence-corrected chi connectivity index (χ2v) is 3.06. The average molecular weight is 163 g/mol. The monoisotopic (exact) mass is 163 g/mol. The van der Waals surface area contributed by atoms with Crippen LogP contribution >= 0.6 is 0 Å². The van der Waals surface area contributed by atoms with Gasteiger partial charge in [-0.1, -0.05) is 13.0 Å².